The van der Waals surface area contributed by atoms with Gasteiger partial charge in [-0.05, 0) is 36.8 Å². The number of nitrogens with one attached hydrogen (secondary N) is 2. The van der Waals surface area contributed by atoms with Gasteiger partial charge in [-0.15, -0.1) is 0 Å². The van der Waals surface area contributed by atoms with Crippen LogP contribution >= 0.6 is 11.6 Å². The molecule has 126 valence electrons. The molecule has 3 rings (SSSR count). The van der Waals surface area contributed by atoms with E-state index in [9.17, 15) is 9.59 Å². The predicted octanol–water partition coefficient (Wildman–Crippen LogP) is 3.58. The first-order valence-electron chi connectivity index (χ1n) is 7.72. The van der Waals surface area contributed by atoms with E-state index in [0.29, 0.717) is 22.2 Å². The summed E-state index contributed by atoms with van der Waals surface area (Å²) in [5.41, 5.74) is 2.67. The summed E-state index contributed by atoms with van der Waals surface area (Å²) in [6, 6.07) is 15.8. The summed E-state index contributed by atoms with van der Waals surface area (Å²) in [5.74, 6) is 0.337. The maximum absolute atomic E-state index is 12.2. The number of amides is 1. The lowest BCUT2D eigenvalue weighted by atomic mass is 10.1. The van der Waals surface area contributed by atoms with Crippen LogP contribution in [0, 0.1) is 6.92 Å². The summed E-state index contributed by atoms with van der Waals surface area (Å²) in [6.45, 7) is 1.76. The van der Waals surface area contributed by atoms with Gasteiger partial charge in [0.1, 0.15) is 5.82 Å². The third-order valence-electron chi connectivity index (χ3n) is 3.57. The van der Waals surface area contributed by atoms with Crippen molar-refractivity contribution in [2.24, 2.45) is 0 Å². The van der Waals surface area contributed by atoms with Gasteiger partial charge in [0.05, 0.1) is 6.42 Å². The maximum atomic E-state index is 12.2. The Kier molecular flexibility index (Phi) is 4.95. The van der Waals surface area contributed by atoms with Gasteiger partial charge in [-0.2, -0.15) is 0 Å². The lowest BCUT2D eigenvalue weighted by Gasteiger charge is -2.08. The second kappa shape index (κ2) is 7.32. The molecule has 5 nitrogen and oxygen atoms in total. The molecule has 1 heterocycles. The number of H-pyrrole nitrogens is 1. The van der Waals surface area contributed by atoms with E-state index in [1.54, 1.807) is 37.3 Å². The first-order valence-corrected chi connectivity index (χ1v) is 8.10. The van der Waals surface area contributed by atoms with Crippen LogP contribution in [-0.2, 0) is 11.2 Å². The molecule has 1 aromatic heterocycles. The second-order valence-corrected chi connectivity index (χ2v) is 6.10. The number of nitrogens with zero attached hydrogens (tertiary/aromatic N) is 1. The normalized spacial score (nSPS) is 10.5. The summed E-state index contributed by atoms with van der Waals surface area (Å²) < 4.78 is 0. The number of halogens is 1. The van der Waals surface area contributed by atoms with Crippen molar-refractivity contribution in [3.63, 3.8) is 0 Å². The first-order chi connectivity index (χ1) is 12.0. The third kappa shape index (κ3) is 4.55. The van der Waals surface area contributed by atoms with Crippen LogP contribution in [-0.4, -0.2) is 15.9 Å². The van der Waals surface area contributed by atoms with Crippen molar-refractivity contribution < 1.29 is 4.79 Å². The van der Waals surface area contributed by atoms with Gasteiger partial charge in [0, 0.05) is 28.0 Å². The second-order valence-electron chi connectivity index (χ2n) is 5.67. The molecule has 0 aliphatic carbocycles. The summed E-state index contributed by atoms with van der Waals surface area (Å²) in [5, 5.41) is 3.49. The molecular formula is C19H16ClN3O2. The van der Waals surface area contributed by atoms with Crippen LogP contribution in [0.2, 0.25) is 5.02 Å². The Morgan fingerprint density at radius 1 is 1.16 bits per heavy atom. The van der Waals surface area contributed by atoms with Gasteiger partial charge in [0.15, 0.2) is 0 Å². The SMILES string of the molecule is Cc1cc(=O)[nH]c(-c2cccc(NC(=O)Cc3ccc(Cl)cc3)c2)n1. The summed E-state index contributed by atoms with van der Waals surface area (Å²) in [6.07, 6.45) is 0.251. The van der Waals surface area contributed by atoms with Crippen LogP contribution in [0.25, 0.3) is 11.4 Å². The van der Waals surface area contributed by atoms with Crippen molar-refractivity contribution in [1.29, 1.82) is 0 Å². The third-order valence-corrected chi connectivity index (χ3v) is 3.82. The van der Waals surface area contributed by atoms with Crippen LogP contribution in [0.15, 0.2) is 59.4 Å². The van der Waals surface area contributed by atoms with E-state index in [4.69, 9.17) is 11.6 Å². The highest BCUT2D eigenvalue weighted by Crippen LogP contribution is 2.19. The zero-order valence-electron chi connectivity index (χ0n) is 13.5. The molecule has 0 aliphatic heterocycles. The van der Waals surface area contributed by atoms with Gasteiger partial charge in [-0.1, -0.05) is 35.9 Å². The molecule has 0 saturated carbocycles. The minimum absolute atomic E-state index is 0.134. The molecule has 0 radical (unpaired) electrons. The molecule has 0 fully saturated rings. The Balaban J connectivity index is 1.76. The van der Waals surface area contributed by atoms with Crippen LogP contribution in [0.3, 0.4) is 0 Å². The molecule has 0 atom stereocenters. The molecule has 25 heavy (non-hydrogen) atoms. The highest BCUT2D eigenvalue weighted by Gasteiger charge is 2.07. The number of aromatic amines is 1. The minimum atomic E-state index is -0.209. The summed E-state index contributed by atoms with van der Waals surface area (Å²) in [7, 11) is 0. The first kappa shape index (κ1) is 16.9. The summed E-state index contributed by atoms with van der Waals surface area (Å²) >= 11 is 5.84. The van der Waals surface area contributed by atoms with E-state index in [0.717, 1.165) is 11.1 Å². The zero-order chi connectivity index (χ0) is 17.8. The van der Waals surface area contributed by atoms with Crippen LogP contribution < -0.4 is 10.9 Å². The van der Waals surface area contributed by atoms with E-state index >= 15 is 0 Å². The molecule has 3 aromatic rings. The number of benzene rings is 2. The van der Waals surface area contributed by atoms with Crippen LogP contribution in [0.1, 0.15) is 11.3 Å². The van der Waals surface area contributed by atoms with Gasteiger partial charge in [0.25, 0.3) is 5.56 Å². The molecule has 2 N–H and O–H groups in total. The van der Waals surface area contributed by atoms with Gasteiger partial charge in [0.2, 0.25) is 5.91 Å². The molecular weight excluding hydrogens is 338 g/mol. The number of carbonyl (C=O) groups is 1. The number of anilines is 1. The molecule has 1 amide bonds. The standard InChI is InChI=1S/C19H16ClN3O2/c1-12-9-17(24)23-19(21-12)14-3-2-4-16(11-14)22-18(25)10-13-5-7-15(20)8-6-13/h2-9,11H,10H2,1H3,(H,22,25)(H,21,23,24). The van der Waals surface area contributed by atoms with Crippen LogP contribution in [0.5, 0.6) is 0 Å². The van der Waals surface area contributed by atoms with Crippen molar-refractivity contribution >= 4 is 23.2 Å². The van der Waals surface area contributed by atoms with Gasteiger partial charge in [-0.3, -0.25) is 9.59 Å². The van der Waals surface area contributed by atoms with Crippen LogP contribution in [0.4, 0.5) is 5.69 Å². The monoisotopic (exact) mass is 353 g/mol. The fraction of sp³-hybridized carbons (Fsp3) is 0.105. The fourth-order valence-corrected chi connectivity index (χ4v) is 2.58. The zero-order valence-corrected chi connectivity index (χ0v) is 14.3. The maximum Gasteiger partial charge on any atom is 0.251 e. The van der Waals surface area contributed by atoms with E-state index < -0.39 is 0 Å². The Hall–Kier alpha value is -2.92. The molecule has 2 aromatic carbocycles. The smallest absolute Gasteiger partial charge is 0.251 e. The molecule has 0 bridgehead atoms. The van der Waals surface area contributed by atoms with Crippen molar-refractivity contribution in [3.05, 3.63) is 81.2 Å². The highest BCUT2D eigenvalue weighted by atomic mass is 35.5. The summed E-state index contributed by atoms with van der Waals surface area (Å²) in [4.78, 5) is 30.8. The topological polar surface area (TPSA) is 74.8 Å². The average molecular weight is 354 g/mol. The van der Waals surface area contributed by atoms with Gasteiger partial charge >= 0.3 is 0 Å². The van der Waals surface area contributed by atoms with E-state index in [1.807, 2.05) is 18.2 Å². The lowest BCUT2D eigenvalue weighted by molar-refractivity contribution is -0.115. The van der Waals surface area contributed by atoms with Crippen molar-refractivity contribution in [2.45, 2.75) is 13.3 Å². The number of hydrogen-bond acceptors (Lipinski definition) is 3. The molecule has 0 spiro atoms. The molecule has 0 unspecified atom stereocenters. The van der Waals surface area contributed by atoms with Crippen molar-refractivity contribution in [1.82, 2.24) is 9.97 Å². The lowest BCUT2D eigenvalue weighted by Crippen LogP contribution is -2.14. The average Bonchev–Trinajstić information content (AvgIpc) is 2.56. The Morgan fingerprint density at radius 3 is 2.64 bits per heavy atom. The number of carbonyl (C=O) groups excluding carboxylic acids is 1. The van der Waals surface area contributed by atoms with Crippen molar-refractivity contribution in [2.75, 3.05) is 5.32 Å². The Morgan fingerprint density at radius 2 is 1.92 bits per heavy atom. The van der Waals surface area contributed by atoms with E-state index in [1.165, 1.54) is 6.07 Å². The van der Waals surface area contributed by atoms with Gasteiger partial charge < -0.3 is 10.3 Å². The number of rotatable bonds is 4. The minimum Gasteiger partial charge on any atom is -0.326 e. The highest BCUT2D eigenvalue weighted by molar-refractivity contribution is 6.30. The predicted molar refractivity (Wildman–Crippen MR) is 98.8 cm³/mol. The molecule has 0 saturated heterocycles. The number of aryl methyl sites for hydroxylation is 1. The quantitative estimate of drug-likeness (QED) is 0.752. The fourth-order valence-electron chi connectivity index (χ4n) is 2.45. The molecule has 6 heteroatoms. The molecule has 0 aliphatic rings. The van der Waals surface area contributed by atoms with E-state index in [2.05, 4.69) is 15.3 Å². The Bertz CT molecular complexity index is 965. The van der Waals surface area contributed by atoms with Gasteiger partial charge in [-0.25, -0.2) is 4.98 Å². The number of hydrogen-bond donors (Lipinski definition) is 2. The largest absolute Gasteiger partial charge is 0.326 e. The Labute approximate surface area is 149 Å². The van der Waals surface area contributed by atoms with Crippen molar-refractivity contribution in [3.8, 4) is 11.4 Å². The van der Waals surface area contributed by atoms with E-state index in [-0.39, 0.29) is 17.9 Å². The number of aromatic nitrogens is 2.